The van der Waals surface area contributed by atoms with Gasteiger partial charge in [0.25, 0.3) is 5.22 Å². The van der Waals surface area contributed by atoms with E-state index in [1.807, 2.05) is 20.8 Å². The Bertz CT molecular complexity index is 406. The molecule has 0 aliphatic heterocycles. The highest BCUT2D eigenvalue weighted by Crippen LogP contribution is 2.22. The van der Waals surface area contributed by atoms with Gasteiger partial charge in [-0.2, -0.15) is 0 Å². The molecule has 0 aliphatic rings. The Hall–Kier alpha value is -1.08. The Balaban J connectivity index is 2.54. The van der Waals surface area contributed by atoms with Gasteiger partial charge in [0, 0.05) is 5.54 Å². The molecule has 0 radical (unpaired) electrons. The van der Waals surface area contributed by atoms with E-state index in [-0.39, 0.29) is 23.2 Å². The van der Waals surface area contributed by atoms with Gasteiger partial charge in [0.15, 0.2) is 0 Å². The molecule has 0 aliphatic carbocycles. The van der Waals surface area contributed by atoms with Crippen molar-refractivity contribution in [2.45, 2.75) is 56.7 Å². The Morgan fingerprint density at radius 1 is 1.56 bits per heavy atom. The van der Waals surface area contributed by atoms with Crippen LogP contribution in [0.3, 0.4) is 0 Å². The molecule has 6 nitrogen and oxygen atoms in total. The van der Waals surface area contributed by atoms with Crippen molar-refractivity contribution in [1.82, 2.24) is 15.5 Å². The van der Waals surface area contributed by atoms with E-state index in [1.165, 1.54) is 11.8 Å². The molecule has 0 aromatic carbocycles. The minimum Gasteiger partial charge on any atom is -0.415 e. The van der Waals surface area contributed by atoms with Crippen LogP contribution < -0.4 is 11.1 Å². The van der Waals surface area contributed by atoms with Gasteiger partial charge >= 0.3 is 0 Å². The lowest BCUT2D eigenvalue weighted by Gasteiger charge is -2.25. The Labute approximate surface area is 111 Å². The van der Waals surface area contributed by atoms with Crippen LogP contribution in [0, 0.1) is 0 Å². The van der Waals surface area contributed by atoms with Gasteiger partial charge in [-0.15, -0.1) is 10.2 Å². The number of aromatic nitrogens is 2. The maximum absolute atomic E-state index is 12.0. The molecule has 0 spiro atoms. The van der Waals surface area contributed by atoms with Crippen LogP contribution in [-0.4, -0.2) is 26.9 Å². The predicted molar refractivity (Wildman–Crippen MR) is 70.0 cm³/mol. The molecule has 0 fully saturated rings. The second-order valence-corrected chi connectivity index (χ2v) is 5.94. The summed E-state index contributed by atoms with van der Waals surface area (Å²) in [6.45, 7) is 8.02. The topological polar surface area (TPSA) is 94.0 Å². The summed E-state index contributed by atoms with van der Waals surface area (Å²) in [7, 11) is 0. The van der Waals surface area contributed by atoms with Crippen molar-refractivity contribution in [3.63, 3.8) is 0 Å². The van der Waals surface area contributed by atoms with Gasteiger partial charge in [-0.1, -0.05) is 18.7 Å². The molecule has 1 unspecified atom stereocenters. The third-order valence-corrected chi connectivity index (χ3v) is 3.55. The van der Waals surface area contributed by atoms with E-state index < -0.39 is 0 Å². The fourth-order valence-electron chi connectivity index (χ4n) is 1.10. The average molecular weight is 272 g/mol. The Morgan fingerprint density at radius 2 is 2.22 bits per heavy atom. The van der Waals surface area contributed by atoms with Gasteiger partial charge in [0.05, 0.1) is 11.8 Å². The predicted octanol–water partition coefficient (Wildman–Crippen LogP) is 1.31. The quantitative estimate of drug-likeness (QED) is 0.758. The summed E-state index contributed by atoms with van der Waals surface area (Å²) in [5.41, 5.74) is 5.17. The third kappa shape index (κ3) is 4.30. The Kier molecular flexibility index (Phi) is 5.15. The number of carbonyl (C=O) groups is 1. The van der Waals surface area contributed by atoms with Crippen molar-refractivity contribution in [3.05, 3.63) is 5.89 Å². The van der Waals surface area contributed by atoms with E-state index in [1.54, 1.807) is 6.92 Å². The molecule has 102 valence electrons. The lowest BCUT2D eigenvalue weighted by atomic mass is 10.0. The second kappa shape index (κ2) is 6.19. The van der Waals surface area contributed by atoms with Crippen LogP contribution in [-0.2, 0) is 11.3 Å². The van der Waals surface area contributed by atoms with E-state index in [0.717, 1.165) is 6.42 Å². The molecule has 1 heterocycles. The highest BCUT2D eigenvalue weighted by atomic mass is 32.2. The van der Waals surface area contributed by atoms with Crippen LogP contribution in [0.2, 0.25) is 0 Å². The minimum absolute atomic E-state index is 0.0423. The zero-order valence-electron chi connectivity index (χ0n) is 11.2. The monoisotopic (exact) mass is 272 g/mol. The van der Waals surface area contributed by atoms with Crippen LogP contribution >= 0.6 is 11.8 Å². The molecule has 0 saturated carbocycles. The number of hydrogen-bond acceptors (Lipinski definition) is 6. The van der Waals surface area contributed by atoms with E-state index in [2.05, 4.69) is 15.5 Å². The number of nitrogens with two attached hydrogens (primary N) is 1. The second-order valence-electron chi connectivity index (χ2n) is 4.65. The zero-order valence-corrected chi connectivity index (χ0v) is 12.0. The maximum atomic E-state index is 12.0. The summed E-state index contributed by atoms with van der Waals surface area (Å²) in [4.78, 5) is 12.0. The average Bonchev–Trinajstić information content (AvgIpc) is 2.76. The normalized spacial score (nSPS) is 13.4. The van der Waals surface area contributed by atoms with Crippen molar-refractivity contribution in [1.29, 1.82) is 0 Å². The fraction of sp³-hybridized carbons (Fsp3) is 0.727. The molecular weight excluding hydrogens is 252 g/mol. The first-order chi connectivity index (χ1) is 8.38. The molecule has 1 atom stereocenters. The number of thioether (sulfide) groups is 1. The van der Waals surface area contributed by atoms with Crippen molar-refractivity contribution < 1.29 is 9.21 Å². The highest BCUT2D eigenvalue weighted by Gasteiger charge is 2.23. The van der Waals surface area contributed by atoms with E-state index >= 15 is 0 Å². The van der Waals surface area contributed by atoms with Crippen LogP contribution in [0.25, 0.3) is 0 Å². The van der Waals surface area contributed by atoms with Gasteiger partial charge in [-0.05, 0) is 27.2 Å². The number of amides is 1. The molecule has 7 heteroatoms. The SMILES string of the molecule is CCC(C)(C)NC(=O)C(C)Sc1nnc(CN)o1. The summed E-state index contributed by atoms with van der Waals surface area (Å²) in [5.74, 6) is 0.332. The first-order valence-electron chi connectivity index (χ1n) is 5.89. The Morgan fingerprint density at radius 3 is 2.72 bits per heavy atom. The van der Waals surface area contributed by atoms with E-state index in [9.17, 15) is 4.79 Å². The smallest absolute Gasteiger partial charge is 0.277 e. The summed E-state index contributed by atoms with van der Waals surface area (Å²) in [5, 5.41) is 10.6. The lowest BCUT2D eigenvalue weighted by molar-refractivity contribution is -0.121. The summed E-state index contributed by atoms with van der Waals surface area (Å²) in [6.07, 6.45) is 0.869. The van der Waals surface area contributed by atoms with Crippen LogP contribution in [0.4, 0.5) is 0 Å². The number of rotatable bonds is 6. The van der Waals surface area contributed by atoms with Crippen LogP contribution in [0.5, 0.6) is 0 Å². The molecule has 1 aromatic heterocycles. The van der Waals surface area contributed by atoms with E-state index in [4.69, 9.17) is 10.2 Å². The molecule has 1 amide bonds. The van der Waals surface area contributed by atoms with Crippen molar-refractivity contribution >= 4 is 17.7 Å². The first-order valence-corrected chi connectivity index (χ1v) is 6.77. The summed E-state index contributed by atoms with van der Waals surface area (Å²) < 4.78 is 5.25. The molecule has 0 bridgehead atoms. The van der Waals surface area contributed by atoms with Crippen molar-refractivity contribution in [2.24, 2.45) is 5.73 Å². The van der Waals surface area contributed by atoms with Crippen LogP contribution in [0.1, 0.15) is 40.0 Å². The fourth-order valence-corrected chi connectivity index (χ4v) is 1.80. The van der Waals surface area contributed by atoms with Crippen molar-refractivity contribution in [3.8, 4) is 0 Å². The van der Waals surface area contributed by atoms with Gasteiger partial charge in [-0.3, -0.25) is 4.79 Å². The van der Waals surface area contributed by atoms with Crippen molar-refractivity contribution in [2.75, 3.05) is 0 Å². The summed E-state index contributed by atoms with van der Waals surface area (Å²) >= 11 is 1.23. The zero-order chi connectivity index (χ0) is 13.8. The van der Waals surface area contributed by atoms with Gasteiger partial charge in [-0.25, -0.2) is 0 Å². The third-order valence-electron chi connectivity index (χ3n) is 2.62. The van der Waals surface area contributed by atoms with Gasteiger partial charge < -0.3 is 15.5 Å². The number of nitrogens with zero attached hydrogens (tertiary/aromatic N) is 2. The standard InChI is InChI=1S/C11H20N4O2S/c1-5-11(3,4)13-9(16)7(2)18-10-15-14-8(6-12)17-10/h7H,5-6,12H2,1-4H3,(H,13,16). The molecule has 1 rings (SSSR count). The minimum atomic E-state index is -0.290. The summed E-state index contributed by atoms with van der Waals surface area (Å²) in [6, 6.07) is 0. The molecular formula is C11H20N4O2S. The molecule has 3 N–H and O–H groups in total. The lowest BCUT2D eigenvalue weighted by Crippen LogP contribution is -2.46. The van der Waals surface area contributed by atoms with Gasteiger partial charge in [0.1, 0.15) is 0 Å². The van der Waals surface area contributed by atoms with E-state index in [0.29, 0.717) is 11.1 Å². The largest absolute Gasteiger partial charge is 0.415 e. The number of nitrogens with one attached hydrogen (secondary N) is 1. The van der Waals surface area contributed by atoms with Gasteiger partial charge in [0.2, 0.25) is 11.8 Å². The highest BCUT2D eigenvalue weighted by molar-refractivity contribution is 8.00. The first kappa shape index (κ1) is 15.0. The van der Waals surface area contributed by atoms with Crippen LogP contribution in [0.15, 0.2) is 9.64 Å². The molecule has 18 heavy (non-hydrogen) atoms. The number of carbonyl (C=O) groups excluding carboxylic acids is 1. The number of hydrogen-bond donors (Lipinski definition) is 2. The molecule has 0 saturated heterocycles. The molecule has 1 aromatic rings. The maximum Gasteiger partial charge on any atom is 0.277 e.